The maximum absolute atomic E-state index is 13.2. The highest BCUT2D eigenvalue weighted by molar-refractivity contribution is 5.92. The van der Waals surface area contributed by atoms with Gasteiger partial charge in [0.2, 0.25) is 5.43 Å². The maximum atomic E-state index is 13.2. The summed E-state index contributed by atoms with van der Waals surface area (Å²) in [4.78, 5) is 16.4. The van der Waals surface area contributed by atoms with Crippen LogP contribution >= 0.6 is 0 Å². The van der Waals surface area contributed by atoms with Crippen LogP contribution in [0, 0.1) is 5.92 Å². The first kappa shape index (κ1) is 16.5. The van der Waals surface area contributed by atoms with Crippen molar-refractivity contribution in [2.75, 3.05) is 20.8 Å². The van der Waals surface area contributed by atoms with Gasteiger partial charge in [-0.3, -0.25) is 4.79 Å². The average molecular weight is 351 g/mol. The van der Waals surface area contributed by atoms with Crippen LogP contribution in [0.3, 0.4) is 0 Å². The van der Waals surface area contributed by atoms with Gasteiger partial charge in [-0.15, -0.1) is 0 Å². The summed E-state index contributed by atoms with van der Waals surface area (Å²) in [6, 6.07) is 11.1. The first-order valence-electron chi connectivity index (χ1n) is 8.71. The van der Waals surface area contributed by atoms with E-state index in [4.69, 9.17) is 14.2 Å². The van der Waals surface area contributed by atoms with Crippen LogP contribution in [0.25, 0.3) is 22.0 Å². The number of pyridine rings is 1. The standard InChI is InChI=1S/C21H21NO4/c1-24-15-7-5-14(6-8-15)16-11-22-20-18(26-12-13-3-4-13)10-9-17(25-2)19(20)21(16)23/h5-11,13H,3-4,12H2,1-2H3,(H,22,23). The molecule has 1 aliphatic rings. The second-order valence-electron chi connectivity index (χ2n) is 6.53. The van der Waals surface area contributed by atoms with Gasteiger partial charge in [0, 0.05) is 11.8 Å². The van der Waals surface area contributed by atoms with Gasteiger partial charge in [0.1, 0.15) is 17.2 Å². The Morgan fingerprint density at radius 1 is 1.00 bits per heavy atom. The second kappa shape index (κ2) is 6.75. The van der Waals surface area contributed by atoms with Crippen LogP contribution in [-0.4, -0.2) is 25.8 Å². The summed E-state index contributed by atoms with van der Waals surface area (Å²) in [5.41, 5.74) is 1.99. The first-order valence-corrected chi connectivity index (χ1v) is 8.71. The van der Waals surface area contributed by atoms with Crippen molar-refractivity contribution in [3.8, 4) is 28.4 Å². The highest BCUT2D eigenvalue weighted by Gasteiger charge is 2.23. The number of fused-ring (bicyclic) bond motifs is 1. The molecule has 0 amide bonds. The minimum absolute atomic E-state index is 0.0855. The Labute approximate surface area is 151 Å². The van der Waals surface area contributed by atoms with E-state index >= 15 is 0 Å². The Balaban J connectivity index is 1.82. The number of hydrogen-bond acceptors (Lipinski definition) is 4. The van der Waals surface area contributed by atoms with E-state index in [9.17, 15) is 4.79 Å². The average Bonchev–Trinajstić information content (AvgIpc) is 3.51. The summed E-state index contributed by atoms with van der Waals surface area (Å²) in [5.74, 6) is 2.61. The predicted octanol–water partition coefficient (Wildman–Crippen LogP) is 4.00. The van der Waals surface area contributed by atoms with Crippen LogP contribution in [0.2, 0.25) is 0 Å². The summed E-state index contributed by atoms with van der Waals surface area (Å²) < 4.78 is 16.6. The molecule has 3 aromatic rings. The van der Waals surface area contributed by atoms with Gasteiger partial charge in [-0.1, -0.05) is 12.1 Å². The molecule has 5 nitrogen and oxygen atoms in total. The number of ether oxygens (including phenoxy) is 3. The van der Waals surface area contributed by atoms with Gasteiger partial charge in [-0.05, 0) is 48.6 Å². The molecule has 0 spiro atoms. The quantitative estimate of drug-likeness (QED) is 0.729. The van der Waals surface area contributed by atoms with Crippen LogP contribution in [0.1, 0.15) is 12.8 Å². The minimum Gasteiger partial charge on any atom is -0.497 e. The zero-order chi connectivity index (χ0) is 18.1. The third-order valence-corrected chi connectivity index (χ3v) is 4.75. The van der Waals surface area contributed by atoms with E-state index in [0.29, 0.717) is 40.5 Å². The lowest BCUT2D eigenvalue weighted by Crippen LogP contribution is -2.09. The molecule has 0 radical (unpaired) electrons. The minimum atomic E-state index is -0.0855. The molecule has 1 fully saturated rings. The molecule has 0 unspecified atom stereocenters. The van der Waals surface area contributed by atoms with Gasteiger partial charge in [-0.25, -0.2) is 0 Å². The molecule has 0 bridgehead atoms. The Kier molecular flexibility index (Phi) is 4.29. The van der Waals surface area contributed by atoms with Crippen molar-refractivity contribution in [1.82, 2.24) is 4.98 Å². The molecular weight excluding hydrogens is 330 g/mol. The molecule has 1 heterocycles. The van der Waals surface area contributed by atoms with E-state index in [0.717, 1.165) is 11.3 Å². The maximum Gasteiger partial charge on any atom is 0.201 e. The molecule has 0 saturated heterocycles. The lowest BCUT2D eigenvalue weighted by Gasteiger charge is -2.13. The molecule has 1 aliphatic carbocycles. The third-order valence-electron chi connectivity index (χ3n) is 4.75. The van der Waals surface area contributed by atoms with Gasteiger partial charge in [0.05, 0.1) is 31.7 Å². The molecule has 0 aliphatic heterocycles. The largest absolute Gasteiger partial charge is 0.497 e. The van der Waals surface area contributed by atoms with Crippen LogP contribution in [-0.2, 0) is 0 Å². The summed E-state index contributed by atoms with van der Waals surface area (Å²) in [6.45, 7) is 0.684. The van der Waals surface area contributed by atoms with Crippen molar-refractivity contribution in [2.24, 2.45) is 5.92 Å². The topological polar surface area (TPSA) is 60.6 Å². The number of methoxy groups -OCH3 is 2. The Hall–Kier alpha value is -2.95. The summed E-state index contributed by atoms with van der Waals surface area (Å²) in [5, 5.41) is 0.508. The van der Waals surface area contributed by atoms with Gasteiger partial charge in [0.15, 0.2) is 0 Å². The van der Waals surface area contributed by atoms with E-state index in [-0.39, 0.29) is 5.43 Å². The lowest BCUT2D eigenvalue weighted by molar-refractivity contribution is 0.302. The summed E-state index contributed by atoms with van der Waals surface area (Å²) in [6.07, 6.45) is 4.16. The number of nitrogens with one attached hydrogen (secondary N) is 1. The van der Waals surface area contributed by atoms with Crippen LogP contribution in [0.15, 0.2) is 47.4 Å². The molecule has 26 heavy (non-hydrogen) atoms. The fourth-order valence-corrected chi connectivity index (χ4v) is 3.05. The van der Waals surface area contributed by atoms with Crippen molar-refractivity contribution in [3.63, 3.8) is 0 Å². The van der Waals surface area contributed by atoms with Crippen LogP contribution in [0.5, 0.6) is 17.2 Å². The van der Waals surface area contributed by atoms with E-state index in [1.165, 1.54) is 12.8 Å². The van der Waals surface area contributed by atoms with Crippen molar-refractivity contribution >= 4 is 10.9 Å². The fourth-order valence-electron chi connectivity index (χ4n) is 3.05. The molecule has 134 valence electrons. The van der Waals surface area contributed by atoms with Crippen molar-refractivity contribution in [3.05, 3.63) is 52.8 Å². The van der Waals surface area contributed by atoms with Crippen LogP contribution < -0.4 is 19.6 Å². The molecule has 1 N–H and O–H groups in total. The normalized spacial score (nSPS) is 13.6. The molecular formula is C21H21NO4. The van der Waals surface area contributed by atoms with Gasteiger partial charge < -0.3 is 19.2 Å². The molecule has 1 saturated carbocycles. The smallest absolute Gasteiger partial charge is 0.201 e. The molecule has 2 aromatic carbocycles. The summed E-state index contributed by atoms with van der Waals surface area (Å²) >= 11 is 0. The Bertz CT molecular complexity index is 987. The third kappa shape index (κ3) is 3.01. The monoisotopic (exact) mass is 351 g/mol. The number of hydrogen-bond donors (Lipinski definition) is 1. The molecule has 1 aromatic heterocycles. The molecule has 5 heteroatoms. The van der Waals surface area contributed by atoms with Crippen LogP contribution in [0.4, 0.5) is 0 Å². The zero-order valence-electron chi connectivity index (χ0n) is 14.9. The second-order valence-corrected chi connectivity index (χ2v) is 6.53. The van der Waals surface area contributed by atoms with Gasteiger partial charge >= 0.3 is 0 Å². The first-order chi connectivity index (χ1) is 12.7. The SMILES string of the molecule is COc1ccc(-c2c[nH]c3c(OCC4CC4)ccc(OC)c3c2=O)cc1. The lowest BCUT2D eigenvalue weighted by atomic mass is 10.0. The number of aromatic nitrogens is 1. The predicted molar refractivity (Wildman–Crippen MR) is 101 cm³/mol. The van der Waals surface area contributed by atoms with E-state index in [1.54, 1.807) is 26.5 Å². The Morgan fingerprint density at radius 2 is 1.73 bits per heavy atom. The number of H-pyrrole nitrogens is 1. The van der Waals surface area contributed by atoms with Crippen molar-refractivity contribution in [1.29, 1.82) is 0 Å². The Morgan fingerprint density at radius 3 is 2.38 bits per heavy atom. The van der Waals surface area contributed by atoms with E-state index in [1.807, 2.05) is 30.3 Å². The van der Waals surface area contributed by atoms with E-state index < -0.39 is 0 Å². The fraction of sp³-hybridized carbons (Fsp3) is 0.286. The zero-order valence-corrected chi connectivity index (χ0v) is 14.9. The van der Waals surface area contributed by atoms with Gasteiger partial charge in [-0.2, -0.15) is 0 Å². The summed E-state index contributed by atoms with van der Waals surface area (Å²) in [7, 11) is 3.19. The molecule has 0 atom stereocenters. The highest BCUT2D eigenvalue weighted by Crippen LogP contribution is 2.34. The van der Waals surface area contributed by atoms with Crippen molar-refractivity contribution in [2.45, 2.75) is 12.8 Å². The highest BCUT2D eigenvalue weighted by atomic mass is 16.5. The number of aromatic amines is 1. The van der Waals surface area contributed by atoms with E-state index in [2.05, 4.69) is 4.98 Å². The number of rotatable bonds is 6. The van der Waals surface area contributed by atoms with Crippen molar-refractivity contribution < 1.29 is 14.2 Å². The molecule has 4 rings (SSSR count). The number of benzene rings is 2. The van der Waals surface area contributed by atoms with Gasteiger partial charge in [0.25, 0.3) is 0 Å².